The first-order valence-electron chi connectivity index (χ1n) is 4.09. The van der Waals surface area contributed by atoms with Gasteiger partial charge in [-0.1, -0.05) is 0 Å². The van der Waals surface area contributed by atoms with E-state index in [1.54, 1.807) is 23.9 Å². The monoisotopic (exact) mass is 211 g/mol. The summed E-state index contributed by atoms with van der Waals surface area (Å²) in [7, 11) is 0. The predicted molar refractivity (Wildman–Crippen MR) is 55.0 cm³/mol. The molecule has 0 bridgehead atoms. The lowest BCUT2D eigenvalue weighted by Gasteiger charge is -2.04. The molecule has 0 unspecified atom stereocenters. The molecule has 14 heavy (non-hydrogen) atoms. The fourth-order valence-electron chi connectivity index (χ4n) is 0.919. The molecule has 1 rings (SSSR count). The molecule has 0 radical (unpaired) electrons. The second-order valence-electron chi connectivity index (χ2n) is 2.59. The van der Waals surface area contributed by atoms with Crippen LogP contribution in [-0.2, 0) is 0 Å². The van der Waals surface area contributed by atoms with Crippen molar-refractivity contribution in [3.8, 4) is 11.8 Å². The van der Waals surface area contributed by atoms with Gasteiger partial charge in [-0.05, 0) is 18.4 Å². The predicted octanol–water partition coefficient (Wildman–Crippen LogP) is 2.44. The van der Waals surface area contributed by atoms with Crippen LogP contribution in [0.5, 0.6) is 5.75 Å². The number of hydrogen-bond acceptors (Lipinski definition) is 3. The third-order valence-electron chi connectivity index (χ3n) is 1.62. The molecule has 1 aromatic carbocycles. The van der Waals surface area contributed by atoms with Gasteiger partial charge in [0.25, 0.3) is 0 Å². The SMILES string of the molecule is CSCCOc1ccc(C#N)c(F)c1. The van der Waals surface area contributed by atoms with Gasteiger partial charge in [-0.2, -0.15) is 17.0 Å². The third-order valence-corrected chi connectivity index (χ3v) is 2.19. The number of nitrogens with zero attached hydrogens (tertiary/aromatic N) is 1. The highest BCUT2D eigenvalue weighted by atomic mass is 32.2. The number of rotatable bonds is 4. The molecule has 0 saturated carbocycles. The first-order valence-corrected chi connectivity index (χ1v) is 5.48. The lowest BCUT2D eigenvalue weighted by molar-refractivity contribution is 0.342. The molecule has 0 amide bonds. The molecule has 0 aliphatic carbocycles. The van der Waals surface area contributed by atoms with Gasteiger partial charge >= 0.3 is 0 Å². The number of hydrogen-bond donors (Lipinski definition) is 0. The van der Waals surface area contributed by atoms with Crippen LogP contribution >= 0.6 is 11.8 Å². The van der Waals surface area contributed by atoms with Gasteiger partial charge in [-0.15, -0.1) is 0 Å². The summed E-state index contributed by atoms with van der Waals surface area (Å²) in [5.41, 5.74) is 0.0437. The zero-order valence-corrected chi connectivity index (χ0v) is 8.60. The van der Waals surface area contributed by atoms with Crippen molar-refractivity contribution in [2.75, 3.05) is 18.6 Å². The lowest BCUT2D eigenvalue weighted by atomic mass is 10.2. The van der Waals surface area contributed by atoms with Crippen LogP contribution < -0.4 is 4.74 Å². The van der Waals surface area contributed by atoms with Crippen molar-refractivity contribution >= 4 is 11.8 Å². The van der Waals surface area contributed by atoms with E-state index in [-0.39, 0.29) is 5.56 Å². The first-order chi connectivity index (χ1) is 6.77. The summed E-state index contributed by atoms with van der Waals surface area (Å²) < 4.78 is 18.3. The summed E-state index contributed by atoms with van der Waals surface area (Å²) >= 11 is 1.66. The maximum absolute atomic E-state index is 13.1. The minimum atomic E-state index is -0.533. The first kappa shape index (κ1) is 10.9. The molecule has 4 heteroatoms. The Balaban J connectivity index is 2.63. The van der Waals surface area contributed by atoms with Crippen LogP contribution in [0.1, 0.15) is 5.56 Å². The smallest absolute Gasteiger partial charge is 0.144 e. The van der Waals surface area contributed by atoms with Crippen LogP contribution in [0.4, 0.5) is 4.39 Å². The Morgan fingerprint density at radius 2 is 2.36 bits per heavy atom. The van der Waals surface area contributed by atoms with Crippen LogP contribution in [0.25, 0.3) is 0 Å². The van der Waals surface area contributed by atoms with Crippen molar-refractivity contribution < 1.29 is 9.13 Å². The van der Waals surface area contributed by atoms with Gasteiger partial charge in [-0.3, -0.25) is 0 Å². The molecule has 2 nitrogen and oxygen atoms in total. The quantitative estimate of drug-likeness (QED) is 0.717. The molecule has 1 aromatic rings. The molecule has 0 spiro atoms. The largest absolute Gasteiger partial charge is 0.493 e. The topological polar surface area (TPSA) is 33.0 Å². The molecule has 74 valence electrons. The Bertz CT molecular complexity index is 348. The summed E-state index contributed by atoms with van der Waals surface area (Å²) in [6, 6.07) is 6.01. The van der Waals surface area contributed by atoms with Gasteiger partial charge in [0.2, 0.25) is 0 Å². The Labute approximate surface area is 86.7 Å². The number of halogens is 1. The van der Waals surface area contributed by atoms with E-state index in [1.165, 1.54) is 12.1 Å². The van der Waals surface area contributed by atoms with E-state index in [0.717, 1.165) is 5.75 Å². The van der Waals surface area contributed by atoms with Crippen LogP contribution in [0, 0.1) is 17.1 Å². The Morgan fingerprint density at radius 3 is 2.93 bits per heavy atom. The molecule has 0 aromatic heterocycles. The number of ether oxygens (including phenoxy) is 1. The summed E-state index contributed by atoms with van der Waals surface area (Å²) in [5.74, 6) is 0.798. The number of thioether (sulfide) groups is 1. The highest BCUT2D eigenvalue weighted by Gasteiger charge is 2.02. The second-order valence-corrected chi connectivity index (χ2v) is 3.58. The van der Waals surface area contributed by atoms with Crippen molar-refractivity contribution in [1.29, 1.82) is 5.26 Å². The lowest BCUT2D eigenvalue weighted by Crippen LogP contribution is -2.00. The van der Waals surface area contributed by atoms with E-state index >= 15 is 0 Å². The number of benzene rings is 1. The number of nitriles is 1. The summed E-state index contributed by atoms with van der Waals surface area (Å²) in [5, 5.41) is 8.49. The van der Waals surface area contributed by atoms with E-state index in [4.69, 9.17) is 10.00 Å². The standard InChI is InChI=1S/C10H10FNOS/c1-14-5-4-13-9-3-2-8(7-12)10(11)6-9/h2-3,6H,4-5H2,1H3. The van der Waals surface area contributed by atoms with Crippen molar-refractivity contribution in [3.63, 3.8) is 0 Å². The maximum atomic E-state index is 13.1. The molecule has 0 heterocycles. The average Bonchev–Trinajstić information content (AvgIpc) is 2.18. The molecular weight excluding hydrogens is 201 g/mol. The molecule has 0 saturated heterocycles. The van der Waals surface area contributed by atoms with Crippen molar-refractivity contribution in [2.45, 2.75) is 0 Å². The fraction of sp³-hybridized carbons (Fsp3) is 0.300. The van der Waals surface area contributed by atoms with Crippen LogP contribution in [0.2, 0.25) is 0 Å². The Kier molecular flexibility index (Phi) is 4.27. The van der Waals surface area contributed by atoms with E-state index in [1.807, 2.05) is 6.26 Å². The van der Waals surface area contributed by atoms with Gasteiger partial charge in [0, 0.05) is 11.8 Å². The summed E-state index contributed by atoms with van der Waals surface area (Å²) in [6.07, 6.45) is 1.97. The summed E-state index contributed by atoms with van der Waals surface area (Å²) in [6.45, 7) is 0.548. The molecule has 0 aliphatic rings. The van der Waals surface area contributed by atoms with Gasteiger partial charge in [-0.25, -0.2) is 4.39 Å². The zero-order valence-electron chi connectivity index (χ0n) is 7.79. The second kappa shape index (κ2) is 5.51. The van der Waals surface area contributed by atoms with Gasteiger partial charge < -0.3 is 4.74 Å². The van der Waals surface area contributed by atoms with Crippen molar-refractivity contribution in [3.05, 3.63) is 29.6 Å². The average molecular weight is 211 g/mol. The maximum Gasteiger partial charge on any atom is 0.144 e. The molecule has 0 N–H and O–H groups in total. The highest BCUT2D eigenvalue weighted by Crippen LogP contribution is 2.16. The van der Waals surface area contributed by atoms with E-state index in [0.29, 0.717) is 12.4 Å². The molecule has 0 atom stereocenters. The fourth-order valence-corrected chi connectivity index (χ4v) is 1.17. The third kappa shape index (κ3) is 2.93. The Morgan fingerprint density at radius 1 is 1.57 bits per heavy atom. The normalized spacial score (nSPS) is 9.50. The minimum absolute atomic E-state index is 0.0437. The summed E-state index contributed by atoms with van der Waals surface area (Å²) in [4.78, 5) is 0. The van der Waals surface area contributed by atoms with Crippen molar-refractivity contribution in [1.82, 2.24) is 0 Å². The highest BCUT2D eigenvalue weighted by molar-refractivity contribution is 7.98. The van der Waals surface area contributed by atoms with Gasteiger partial charge in [0.05, 0.1) is 12.2 Å². The van der Waals surface area contributed by atoms with Crippen LogP contribution in [0.3, 0.4) is 0 Å². The minimum Gasteiger partial charge on any atom is -0.493 e. The van der Waals surface area contributed by atoms with Crippen LogP contribution in [0.15, 0.2) is 18.2 Å². The van der Waals surface area contributed by atoms with Crippen LogP contribution in [-0.4, -0.2) is 18.6 Å². The zero-order chi connectivity index (χ0) is 10.4. The van der Waals surface area contributed by atoms with Gasteiger partial charge in [0.15, 0.2) is 0 Å². The Hall–Kier alpha value is -1.21. The molecular formula is C10H10FNOS. The van der Waals surface area contributed by atoms with E-state index in [2.05, 4.69) is 0 Å². The van der Waals surface area contributed by atoms with Crippen molar-refractivity contribution in [2.24, 2.45) is 0 Å². The van der Waals surface area contributed by atoms with E-state index in [9.17, 15) is 4.39 Å². The van der Waals surface area contributed by atoms with E-state index < -0.39 is 5.82 Å². The molecule has 0 fully saturated rings. The van der Waals surface area contributed by atoms with Gasteiger partial charge in [0.1, 0.15) is 17.6 Å². The molecule has 0 aliphatic heterocycles.